The van der Waals surface area contributed by atoms with Gasteiger partial charge in [-0.25, -0.2) is 0 Å². The molecule has 0 radical (unpaired) electrons. The Morgan fingerprint density at radius 3 is 2.78 bits per heavy atom. The van der Waals surface area contributed by atoms with Crippen LogP contribution in [0.2, 0.25) is 0 Å². The molecule has 0 aliphatic carbocycles. The van der Waals surface area contributed by atoms with Crippen LogP contribution >= 0.6 is 15.9 Å². The van der Waals surface area contributed by atoms with Crippen LogP contribution in [0.15, 0.2) is 65.3 Å². The first-order valence-corrected chi connectivity index (χ1v) is 8.29. The third-order valence-electron chi connectivity index (χ3n) is 3.69. The van der Waals surface area contributed by atoms with Crippen LogP contribution in [0.4, 0.5) is 0 Å². The number of para-hydroxylation sites is 1. The van der Waals surface area contributed by atoms with Crippen LogP contribution in [0.1, 0.15) is 11.1 Å². The average molecular weight is 369 g/mol. The Morgan fingerprint density at radius 1 is 1.13 bits per heavy atom. The zero-order chi connectivity index (χ0) is 16.1. The summed E-state index contributed by atoms with van der Waals surface area (Å²) in [6.45, 7) is 0.612. The quantitative estimate of drug-likeness (QED) is 0.647. The Balaban J connectivity index is 1.54. The molecule has 4 heteroatoms. The summed E-state index contributed by atoms with van der Waals surface area (Å²) in [6, 6.07) is 16.0. The normalized spacial score (nSPS) is 11.2. The lowest BCUT2D eigenvalue weighted by Crippen LogP contribution is -2.23. The highest BCUT2D eigenvalue weighted by atomic mass is 79.9. The van der Waals surface area contributed by atoms with Crippen LogP contribution in [0.25, 0.3) is 17.0 Å². The Hall–Kier alpha value is -2.33. The molecule has 0 fully saturated rings. The van der Waals surface area contributed by atoms with Gasteiger partial charge in [-0.15, -0.1) is 0 Å². The molecule has 3 nitrogen and oxygen atoms in total. The van der Waals surface area contributed by atoms with Gasteiger partial charge in [0.2, 0.25) is 5.91 Å². The molecule has 1 aromatic heterocycles. The molecule has 0 spiro atoms. The molecule has 1 amide bonds. The minimum absolute atomic E-state index is 0.0828. The highest BCUT2D eigenvalue weighted by Gasteiger charge is 2.03. The van der Waals surface area contributed by atoms with Crippen molar-refractivity contribution < 1.29 is 4.79 Å². The molecule has 3 aromatic rings. The third kappa shape index (κ3) is 3.90. The summed E-state index contributed by atoms with van der Waals surface area (Å²) in [6.07, 6.45) is 6.19. The zero-order valence-electron chi connectivity index (χ0n) is 12.6. The molecule has 2 aromatic carbocycles. The Labute approximate surface area is 143 Å². The molecule has 0 unspecified atom stereocenters. The molecule has 3 rings (SSSR count). The van der Waals surface area contributed by atoms with Gasteiger partial charge in [0.1, 0.15) is 0 Å². The van der Waals surface area contributed by atoms with Gasteiger partial charge in [0, 0.05) is 34.2 Å². The molecule has 116 valence electrons. The van der Waals surface area contributed by atoms with Gasteiger partial charge in [-0.3, -0.25) is 4.79 Å². The summed E-state index contributed by atoms with van der Waals surface area (Å²) in [5.41, 5.74) is 3.33. The number of hydrogen-bond acceptors (Lipinski definition) is 1. The first-order valence-electron chi connectivity index (χ1n) is 7.49. The van der Waals surface area contributed by atoms with E-state index < -0.39 is 0 Å². The van der Waals surface area contributed by atoms with Crippen LogP contribution in [0.5, 0.6) is 0 Å². The van der Waals surface area contributed by atoms with E-state index in [2.05, 4.69) is 38.4 Å². The van der Waals surface area contributed by atoms with Gasteiger partial charge in [-0.1, -0.05) is 52.3 Å². The fraction of sp³-hybridized carbons (Fsp3) is 0.105. The van der Waals surface area contributed by atoms with Gasteiger partial charge >= 0.3 is 0 Å². The number of amides is 1. The van der Waals surface area contributed by atoms with Gasteiger partial charge < -0.3 is 10.3 Å². The second-order valence-corrected chi connectivity index (χ2v) is 6.11. The number of aromatic amines is 1. The lowest BCUT2D eigenvalue weighted by atomic mass is 10.1. The van der Waals surface area contributed by atoms with E-state index in [1.165, 1.54) is 10.9 Å². The maximum absolute atomic E-state index is 11.9. The van der Waals surface area contributed by atoms with Crippen molar-refractivity contribution in [3.8, 4) is 0 Å². The predicted molar refractivity (Wildman–Crippen MR) is 98.2 cm³/mol. The fourth-order valence-corrected chi connectivity index (χ4v) is 2.91. The Bertz CT molecular complexity index is 851. The van der Waals surface area contributed by atoms with E-state index in [-0.39, 0.29) is 5.91 Å². The van der Waals surface area contributed by atoms with Crippen molar-refractivity contribution in [1.82, 2.24) is 10.3 Å². The molecule has 0 saturated heterocycles. The number of nitrogens with one attached hydrogen (secondary N) is 2. The lowest BCUT2D eigenvalue weighted by Gasteiger charge is -2.02. The minimum Gasteiger partial charge on any atom is -0.361 e. The minimum atomic E-state index is -0.0828. The molecular weight excluding hydrogens is 352 g/mol. The summed E-state index contributed by atoms with van der Waals surface area (Å²) < 4.78 is 0.975. The average Bonchev–Trinajstić information content (AvgIpc) is 2.98. The van der Waals surface area contributed by atoms with E-state index in [1.54, 1.807) is 6.08 Å². The number of rotatable bonds is 5. The van der Waals surface area contributed by atoms with Gasteiger partial charge in [0.05, 0.1) is 0 Å². The van der Waals surface area contributed by atoms with E-state index in [0.717, 1.165) is 22.0 Å². The molecule has 1 heterocycles. The van der Waals surface area contributed by atoms with E-state index in [1.807, 2.05) is 48.7 Å². The highest BCUT2D eigenvalue weighted by molar-refractivity contribution is 9.10. The van der Waals surface area contributed by atoms with Crippen molar-refractivity contribution in [2.45, 2.75) is 6.42 Å². The van der Waals surface area contributed by atoms with E-state index in [9.17, 15) is 4.79 Å². The monoisotopic (exact) mass is 368 g/mol. The van der Waals surface area contributed by atoms with Crippen molar-refractivity contribution in [3.05, 3.63) is 76.4 Å². The second-order valence-electron chi connectivity index (χ2n) is 5.26. The highest BCUT2D eigenvalue weighted by Crippen LogP contribution is 2.18. The molecule has 0 aliphatic heterocycles. The standard InChI is InChI=1S/C19H17BrN2O/c20-17-7-3-1-5-14(17)9-10-19(23)21-12-11-15-13-22-18-8-4-2-6-16(15)18/h1-10,13,22H,11-12H2,(H,21,23)/b10-9+. The molecule has 0 atom stereocenters. The number of halogens is 1. The number of H-pyrrole nitrogens is 1. The third-order valence-corrected chi connectivity index (χ3v) is 4.41. The summed E-state index contributed by atoms with van der Waals surface area (Å²) >= 11 is 3.46. The smallest absolute Gasteiger partial charge is 0.244 e. The summed E-state index contributed by atoms with van der Waals surface area (Å²) in [5.74, 6) is -0.0828. The SMILES string of the molecule is O=C(/C=C/c1ccccc1Br)NCCc1c[nH]c2ccccc12. The molecular formula is C19H17BrN2O. The fourth-order valence-electron chi connectivity index (χ4n) is 2.49. The van der Waals surface area contributed by atoms with Crippen LogP contribution in [-0.4, -0.2) is 17.4 Å². The topological polar surface area (TPSA) is 44.9 Å². The van der Waals surface area contributed by atoms with Crippen LogP contribution in [0.3, 0.4) is 0 Å². The number of carbonyl (C=O) groups excluding carboxylic acids is 1. The van der Waals surface area contributed by atoms with Gasteiger partial charge in [-0.2, -0.15) is 0 Å². The maximum Gasteiger partial charge on any atom is 0.244 e. The summed E-state index contributed by atoms with van der Waals surface area (Å²) in [7, 11) is 0. The largest absolute Gasteiger partial charge is 0.361 e. The molecule has 0 aliphatic rings. The molecule has 0 saturated carbocycles. The first-order chi connectivity index (χ1) is 11.2. The van der Waals surface area contributed by atoms with Gasteiger partial charge in [0.15, 0.2) is 0 Å². The zero-order valence-corrected chi connectivity index (χ0v) is 14.1. The number of aromatic nitrogens is 1. The van der Waals surface area contributed by atoms with E-state index in [4.69, 9.17) is 0 Å². The van der Waals surface area contributed by atoms with Gasteiger partial charge in [0.25, 0.3) is 0 Å². The van der Waals surface area contributed by atoms with Crippen molar-refractivity contribution >= 4 is 38.8 Å². The van der Waals surface area contributed by atoms with Crippen molar-refractivity contribution in [2.24, 2.45) is 0 Å². The maximum atomic E-state index is 11.9. The predicted octanol–water partition coefficient (Wildman–Crippen LogP) is 4.30. The van der Waals surface area contributed by atoms with Crippen molar-refractivity contribution in [1.29, 1.82) is 0 Å². The summed E-state index contributed by atoms with van der Waals surface area (Å²) in [5, 5.41) is 4.13. The van der Waals surface area contributed by atoms with Crippen LogP contribution in [0, 0.1) is 0 Å². The van der Waals surface area contributed by atoms with Gasteiger partial charge in [-0.05, 0) is 35.8 Å². The number of fused-ring (bicyclic) bond motifs is 1. The second kappa shape index (κ2) is 7.29. The van der Waals surface area contributed by atoms with E-state index >= 15 is 0 Å². The van der Waals surface area contributed by atoms with E-state index in [0.29, 0.717) is 6.54 Å². The number of benzene rings is 2. The molecule has 0 bridgehead atoms. The summed E-state index contributed by atoms with van der Waals surface area (Å²) in [4.78, 5) is 15.1. The Kier molecular flexibility index (Phi) is 4.93. The Morgan fingerprint density at radius 2 is 1.91 bits per heavy atom. The van der Waals surface area contributed by atoms with Crippen LogP contribution in [-0.2, 0) is 11.2 Å². The first kappa shape index (κ1) is 15.6. The molecule has 2 N–H and O–H groups in total. The van der Waals surface area contributed by atoms with Crippen LogP contribution < -0.4 is 5.32 Å². The molecule has 23 heavy (non-hydrogen) atoms. The number of carbonyl (C=O) groups is 1. The van der Waals surface area contributed by atoms with Crippen molar-refractivity contribution in [2.75, 3.05) is 6.54 Å². The lowest BCUT2D eigenvalue weighted by molar-refractivity contribution is -0.116. The van der Waals surface area contributed by atoms with Crippen molar-refractivity contribution in [3.63, 3.8) is 0 Å². The number of hydrogen-bond donors (Lipinski definition) is 2.